The van der Waals surface area contributed by atoms with E-state index < -0.39 is 29.7 Å². The summed E-state index contributed by atoms with van der Waals surface area (Å²) in [4.78, 5) is 28.2. The van der Waals surface area contributed by atoms with Crippen molar-refractivity contribution in [2.75, 3.05) is 25.2 Å². The van der Waals surface area contributed by atoms with E-state index in [1.165, 1.54) is 24.3 Å². The number of ether oxygens (including phenoxy) is 3. The first-order chi connectivity index (χ1) is 20.7. The highest BCUT2D eigenvalue weighted by atomic mass is 19.1. The molecule has 10 heteroatoms. The third-order valence-corrected chi connectivity index (χ3v) is 8.46. The van der Waals surface area contributed by atoms with Crippen LogP contribution in [-0.4, -0.2) is 47.9 Å². The third kappa shape index (κ3) is 5.88. The summed E-state index contributed by atoms with van der Waals surface area (Å²) in [7, 11) is 0. The van der Waals surface area contributed by atoms with Crippen LogP contribution in [0.2, 0.25) is 0 Å². The van der Waals surface area contributed by atoms with Crippen LogP contribution in [0.4, 0.5) is 14.5 Å². The molecule has 0 spiro atoms. The molecule has 2 N–H and O–H groups in total. The van der Waals surface area contributed by atoms with Crippen molar-refractivity contribution in [1.29, 1.82) is 0 Å². The smallest absolute Gasteiger partial charge is 0.309 e. The molecule has 8 nitrogen and oxygen atoms in total. The number of anilines is 1. The number of carbonyl (C=O) groups is 2. The van der Waals surface area contributed by atoms with Crippen molar-refractivity contribution in [3.8, 4) is 17.2 Å². The van der Waals surface area contributed by atoms with Gasteiger partial charge < -0.3 is 24.6 Å². The molecule has 1 unspecified atom stereocenters. The number of halogens is 2. The Morgan fingerprint density at radius 3 is 2.26 bits per heavy atom. The monoisotopic (exact) mass is 592 g/mol. The zero-order valence-corrected chi connectivity index (χ0v) is 24.1. The van der Waals surface area contributed by atoms with E-state index >= 15 is 4.39 Å². The van der Waals surface area contributed by atoms with E-state index in [0.29, 0.717) is 46.7 Å². The van der Waals surface area contributed by atoms with E-state index in [0.717, 1.165) is 12.8 Å². The van der Waals surface area contributed by atoms with E-state index in [2.05, 4.69) is 5.32 Å². The van der Waals surface area contributed by atoms with Crippen LogP contribution in [0.1, 0.15) is 60.9 Å². The number of amides is 1. The Morgan fingerprint density at radius 2 is 1.65 bits per heavy atom. The summed E-state index contributed by atoms with van der Waals surface area (Å²) in [5.74, 6) is -2.97. The van der Waals surface area contributed by atoms with Crippen LogP contribution in [-0.2, 0) is 22.4 Å². The van der Waals surface area contributed by atoms with Crippen molar-refractivity contribution in [3.05, 3.63) is 82.4 Å². The highest BCUT2D eigenvalue weighted by Gasteiger charge is 2.49. The highest BCUT2D eigenvalue weighted by Crippen LogP contribution is 2.48. The Morgan fingerprint density at radius 1 is 1.00 bits per heavy atom. The maximum absolute atomic E-state index is 15.4. The van der Waals surface area contributed by atoms with Gasteiger partial charge in [0.2, 0.25) is 12.7 Å². The van der Waals surface area contributed by atoms with E-state index in [1.54, 1.807) is 17.0 Å². The summed E-state index contributed by atoms with van der Waals surface area (Å²) in [5.41, 5.74) is 2.80. The Labute approximate surface area is 248 Å². The van der Waals surface area contributed by atoms with Gasteiger partial charge in [-0.3, -0.25) is 14.5 Å². The molecule has 6 rings (SSSR count). The van der Waals surface area contributed by atoms with Gasteiger partial charge in [0.05, 0.1) is 18.6 Å². The van der Waals surface area contributed by atoms with Crippen molar-refractivity contribution in [3.63, 3.8) is 0 Å². The maximum atomic E-state index is 15.4. The SMILES string of the molecule is CCc1cc(F)cc(CC)c1NC(=O)CN1C[C@H](c2cc3c(cc2F)OCO3)C(C(=O)O)[C@@H]1c1ccc(OC2CC2)cc1. The molecule has 0 bridgehead atoms. The molecular formula is C33H34F2N2O6. The number of carbonyl (C=O) groups excluding carboxylic acids is 1. The van der Waals surface area contributed by atoms with Gasteiger partial charge >= 0.3 is 5.97 Å². The summed E-state index contributed by atoms with van der Waals surface area (Å²) in [5, 5.41) is 13.5. The molecular weight excluding hydrogens is 558 g/mol. The Kier molecular flexibility index (Phi) is 7.96. The van der Waals surface area contributed by atoms with E-state index in [-0.39, 0.29) is 49.0 Å². The van der Waals surface area contributed by atoms with Crippen molar-refractivity contribution in [1.82, 2.24) is 4.90 Å². The number of likely N-dealkylation sites (tertiary alicyclic amines) is 1. The molecule has 0 radical (unpaired) electrons. The molecule has 1 saturated carbocycles. The third-order valence-electron chi connectivity index (χ3n) is 8.46. The van der Waals surface area contributed by atoms with Crippen molar-refractivity contribution < 1.29 is 37.7 Å². The highest BCUT2D eigenvalue weighted by molar-refractivity contribution is 5.94. The predicted molar refractivity (Wildman–Crippen MR) is 155 cm³/mol. The lowest BCUT2D eigenvalue weighted by Crippen LogP contribution is -2.35. The van der Waals surface area contributed by atoms with Gasteiger partial charge in [-0.15, -0.1) is 0 Å². The number of fused-ring (bicyclic) bond motifs is 1. The number of benzene rings is 3. The number of hydrogen-bond donors (Lipinski definition) is 2. The normalized spacial score (nSPS) is 21.2. The first-order valence-corrected chi connectivity index (χ1v) is 14.7. The molecule has 3 aliphatic rings. The molecule has 2 fully saturated rings. The molecule has 1 aliphatic carbocycles. The van der Waals surface area contributed by atoms with E-state index in [1.807, 2.05) is 26.0 Å². The summed E-state index contributed by atoms with van der Waals surface area (Å²) in [6, 6.07) is 12.0. The zero-order chi connectivity index (χ0) is 30.2. The zero-order valence-electron chi connectivity index (χ0n) is 24.1. The minimum atomic E-state index is -1.10. The number of aryl methyl sites for hydroxylation is 2. The lowest BCUT2D eigenvalue weighted by Gasteiger charge is -2.27. The minimum absolute atomic E-state index is 0.0433. The molecule has 1 saturated heterocycles. The minimum Gasteiger partial charge on any atom is -0.490 e. The molecule has 1 amide bonds. The van der Waals surface area contributed by atoms with Gasteiger partial charge in [-0.2, -0.15) is 0 Å². The molecule has 0 aromatic heterocycles. The fourth-order valence-corrected chi connectivity index (χ4v) is 6.25. The summed E-state index contributed by atoms with van der Waals surface area (Å²) < 4.78 is 46.3. The first kappa shape index (κ1) is 28.9. The van der Waals surface area contributed by atoms with Crippen molar-refractivity contribution >= 4 is 17.6 Å². The fraction of sp³-hybridized carbons (Fsp3) is 0.394. The van der Waals surface area contributed by atoms with Crippen LogP contribution in [0.15, 0.2) is 48.5 Å². The second kappa shape index (κ2) is 11.8. The Bertz CT molecular complexity index is 1520. The molecule has 2 heterocycles. The number of nitrogens with zero attached hydrogens (tertiary/aromatic N) is 1. The maximum Gasteiger partial charge on any atom is 0.309 e. The Balaban J connectivity index is 1.34. The van der Waals surface area contributed by atoms with E-state index in [9.17, 15) is 19.1 Å². The van der Waals surface area contributed by atoms with Gasteiger partial charge in [-0.05, 0) is 78.3 Å². The van der Waals surface area contributed by atoms with Crippen LogP contribution in [0.5, 0.6) is 17.2 Å². The number of nitrogens with one attached hydrogen (secondary N) is 1. The van der Waals surface area contributed by atoms with Crippen molar-refractivity contribution in [2.24, 2.45) is 5.92 Å². The molecule has 226 valence electrons. The van der Waals surface area contributed by atoms with Crippen molar-refractivity contribution in [2.45, 2.75) is 57.6 Å². The summed E-state index contributed by atoms with van der Waals surface area (Å²) in [6.07, 6.45) is 3.26. The number of rotatable bonds is 10. The lowest BCUT2D eigenvalue weighted by atomic mass is 9.82. The quantitative estimate of drug-likeness (QED) is 0.305. The Hall–Kier alpha value is -4.18. The van der Waals surface area contributed by atoms with E-state index in [4.69, 9.17) is 14.2 Å². The lowest BCUT2D eigenvalue weighted by molar-refractivity contribution is -0.143. The second-order valence-corrected chi connectivity index (χ2v) is 11.3. The van der Waals surface area contributed by atoms with Crippen LogP contribution in [0.3, 0.4) is 0 Å². The summed E-state index contributed by atoms with van der Waals surface area (Å²) in [6.45, 7) is 3.69. The second-order valence-electron chi connectivity index (χ2n) is 11.3. The molecule has 3 aromatic rings. The van der Waals surface area contributed by atoms with Gasteiger partial charge in [0.1, 0.15) is 17.4 Å². The van der Waals surface area contributed by atoms with Gasteiger partial charge in [-0.1, -0.05) is 26.0 Å². The predicted octanol–water partition coefficient (Wildman–Crippen LogP) is 5.84. The molecule has 3 aromatic carbocycles. The average molecular weight is 593 g/mol. The van der Waals surface area contributed by atoms with Gasteiger partial charge in [-0.25, -0.2) is 8.78 Å². The van der Waals surface area contributed by atoms with Crippen LogP contribution in [0.25, 0.3) is 0 Å². The van der Waals surface area contributed by atoms with Gasteiger partial charge in [0.25, 0.3) is 0 Å². The molecule has 3 atom stereocenters. The van der Waals surface area contributed by atoms with Crippen LogP contribution < -0.4 is 19.5 Å². The topological polar surface area (TPSA) is 97.3 Å². The van der Waals surface area contributed by atoms with Gasteiger partial charge in [0.15, 0.2) is 11.5 Å². The molecule has 43 heavy (non-hydrogen) atoms. The van der Waals surface area contributed by atoms with Crippen LogP contribution >= 0.6 is 0 Å². The largest absolute Gasteiger partial charge is 0.490 e. The number of carboxylic acids is 1. The van der Waals surface area contributed by atoms with Gasteiger partial charge in [0, 0.05) is 30.3 Å². The number of aliphatic carboxylic acids is 1. The average Bonchev–Trinajstić information content (AvgIpc) is 3.55. The van der Waals surface area contributed by atoms with Crippen LogP contribution in [0, 0.1) is 17.6 Å². The number of hydrogen-bond acceptors (Lipinski definition) is 6. The number of carboxylic acid groups (broad SMARTS) is 1. The fourth-order valence-electron chi connectivity index (χ4n) is 6.25. The first-order valence-electron chi connectivity index (χ1n) is 14.7. The summed E-state index contributed by atoms with van der Waals surface area (Å²) >= 11 is 0. The molecule has 2 aliphatic heterocycles. The standard InChI is InChI=1S/C33H34F2N2O6/c1-3-18-11-21(34)12-19(4-2)31(18)36-29(38)16-37-15-25(24-13-27-28(14-26(24)35)42-17-41-27)30(33(39)40)32(37)20-5-7-22(8-6-20)43-23-9-10-23/h5-8,11-14,23,25,30,32H,3-4,9-10,15-17H2,1-2H3,(H,36,38)(H,39,40)/t25-,30?,32+/m1/s1.